The molecular formula is C15H21N3O3S. The molecule has 1 amide bonds. The molecule has 2 atom stereocenters. The Morgan fingerprint density at radius 2 is 1.82 bits per heavy atom. The molecule has 4 rings (SSSR count). The van der Waals surface area contributed by atoms with Crippen molar-refractivity contribution in [2.45, 2.75) is 23.8 Å². The van der Waals surface area contributed by atoms with Crippen LogP contribution in [0.15, 0.2) is 29.2 Å². The molecule has 0 aromatic heterocycles. The van der Waals surface area contributed by atoms with Gasteiger partial charge >= 0.3 is 0 Å². The van der Waals surface area contributed by atoms with Gasteiger partial charge in [0.25, 0.3) is 5.91 Å². The van der Waals surface area contributed by atoms with E-state index in [1.807, 2.05) is 4.90 Å². The Morgan fingerprint density at radius 3 is 2.45 bits per heavy atom. The van der Waals surface area contributed by atoms with Crippen molar-refractivity contribution >= 4 is 15.9 Å². The van der Waals surface area contributed by atoms with E-state index in [9.17, 15) is 13.2 Å². The van der Waals surface area contributed by atoms with Gasteiger partial charge in [0, 0.05) is 31.2 Å². The zero-order valence-electron chi connectivity index (χ0n) is 12.6. The third-order valence-corrected chi connectivity index (χ3v) is 5.52. The smallest absolute Gasteiger partial charge is 0.254 e. The average Bonchev–Trinajstić information content (AvgIpc) is 2.74. The molecule has 1 aromatic rings. The molecule has 3 aliphatic rings. The summed E-state index contributed by atoms with van der Waals surface area (Å²) in [5, 5.41) is 5.08. The summed E-state index contributed by atoms with van der Waals surface area (Å²) in [5.41, 5.74) is 0.516. The number of amides is 1. The number of piperidine rings is 1. The minimum absolute atomic E-state index is 0.0223. The second-order valence-electron chi connectivity index (χ2n) is 6.35. The Labute approximate surface area is 130 Å². The van der Waals surface area contributed by atoms with E-state index >= 15 is 0 Å². The van der Waals surface area contributed by atoms with Crippen LogP contribution in [0.3, 0.4) is 0 Å². The normalized spacial score (nSPS) is 26.0. The number of sulfonamides is 1. The number of fused-ring (bicyclic) bond motifs is 4. The van der Waals surface area contributed by atoms with Crippen LogP contribution in [0.4, 0.5) is 0 Å². The van der Waals surface area contributed by atoms with Gasteiger partial charge in [-0.25, -0.2) is 13.6 Å². The number of benzene rings is 1. The van der Waals surface area contributed by atoms with Gasteiger partial charge in [-0.2, -0.15) is 0 Å². The number of nitrogens with zero attached hydrogens (tertiary/aromatic N) is 2. The molecule has 2 unspecified atom stereocenters. The minimum Gasteiger partial charge on any atom is -0.334 e. The highest BCUT2D eigenvalue weighted by Gasteiger charge is 2.36. The second kappa shape index (κ2) is 5.64. The van der Waals surface area contributed by atoms with Gasteiger partial charge in [-0.3, -0.25) is 4.79 Å². The molecule has 2 N–H and O–H groups in total. The van der Waals surface area contributed by atoms with Gasteiger partial charge in [-0.05, 0) is 50.1 Å². The van der Waals surface area contributed by atoms with E-state index in [0.717, 1.165) is 26.1 Å². The van der Waals surface area contributed by atoms with Crippen LogP contribution >= 0.6 is 0 Å². The van der Waals surface area contributed by atoms with E-state index < -0.39 is 10.0 Å². The fraction of sp³-hybridized carbons (Fsp3) is 0.533. The third kappa shape index (κ3) is 3.02. The topological polar surface area (TPSA) is 83.7 Å². The summed E-state index contributed by atoms with van der Waals surface area (Å²) >= 11 is 0. The van der Waals surface area contributed by atoms with Crippen LogP contribution in [0.1, 0.15) is 23.2 Å². The number of rotatable bonds is 2. The van der Waals surface area contributed by atoms with Crippen LogP contribution in [0.2, 0.25) is 0 Å². The molecule has 3 saturated heterocycles. The first-order chi connectivity index (χ1) is 10.3. The number of primary sulfonamides is 1. The standard InChI is InChI=1S/C15H21N3O3S/c1-17-8-11-2-5-13(10-17)18(9-11)15(19)12-3-6-14(7-4-12)22(16,20)21/h3-4,6-7,11,13H,2,5,8-10H2,1H3,(H2,16,20,21). The maximum atomic E-state index is 12.7. The van der Waals surface area contributed by atoms with Crippen molar-refractivity contribution in [1.82, 2.24) is 9.80 Å². The SMILES string of the molecule is CN1CC2CCC(C1)N(C(=O)c1ccc(S(N)(=O)=O)cc1)C2. The number of carbonyl (C=O) groups is 1. The molecule has 1 aromatic carbocycles. The van der Waals surface area contributed by atoms with Gasteiger partial charge in [0.2, 0.25) is 10.0 Å². The quantitative estimate of drug-likeness (QED) is 0.859. The van der Waals surface area contributed by atoms with Crippen LogP contribution < -0.4 is 5.14 Å². The average molecular weight is 323 g/mol. The van der Waals surface area contributed by atoms with Crippen LogP contribution in [0.5, 0.6) is 0 Å². The molecule has 0 spiro atoms. The third-order valence-electron chi connectivity index (χ3n) is 4.59. The largest absolute Gasteiger partial charge is 0.334 e. The van der Waals surface area contributed by atoms with Crippen LogP contribution in [-0.2, 0) is 10.0 Å². The summed E-state index contributed by atoms with van der Waals surface area (Å²) in [6.07, 6.45) is 2.21. The molecule has 0 aliphatic carbocycles. The molecule has 22 heavy (non-hydrogen) atoms. The van der Waals surface area contributed by atoms with E-state index in [1.54, 1.807) is 12.1 Å². The molecular weight excluding hydrogens is 302 g/mol. The Hall–Kier alpha value is -1.44. The Kier molecular flexibility index (Phi) is 3.96. The lowest BCUT2D eigenvalue weighted by atomic mass is 9.94. The zero-order valence-corrected chi connectivity index (χ0v) is 13.4. The van der Waals surface area contributed by atoms with Gasteiger partial charge in [-0.1, -0.05) is 0 Å². The summed E-state index contributed by atoms with van der Waals surface area (Å²) in [4.78, 5) is 17.0. The van der Waals surface area contributed by atoms with E-state index in [-0.39, 0.29) is 16.8 Å². The molecule has 3 aliphatic heterocycles. The molecule has 120 valence electrons. The molecule has 2 bridgehead atoms. The van der Waals surface area contributed by atoms with Crippen molar-refractivity contribution in [2.24, 2.45) is 11.1 Å². The van der Waals surface area contributed by atoms with Crippen molar-refractivity contribution in [2.75, 3.05) is 26.7 Å². The van der Waals surface area contributed by atoms with Crippen molar-refractivity contribution in [3.63, 3.8) is 0 Å². The number of hydrogen-bond donors (Lipinski definition) is 1. The van der Waals surface area contributed by atoms with E-state index in [4.69, 9.17) is 5.14 Å². The first-order valence-corrected chi connectivity index (χ1v) is 9.01. The van der Waals surface area contributed by atoms with Crippen molar-refractivity contribution in [3.05, 3.63) is 29.8 Å². The highest BCUT2D eigenvalue weighted by Crippen LogP contribution is 2.28. The number of carbonyl (C=O) groups excluding carboxylic acids is 1. The summed E-state index contributed by atoms with van der Waals surface area (Å²) in [5.74, 6) is 0.502. The molecule has 3 heterocycles. The monoisotopic (exact) mass is 323 g/mol. The molecule has 0 radical (unpaired) electrons. The zero-order chi connectivity index (χ0) is 15.9. The molecule has 3 fully saturated rings. The maximum absolute atomic E-state index is 12.7. The lowest BCUT2D eigenvalue weighted by Gasteiger charge is -2.36. The predicted octanol–water partition coefficient (Wildman–Crippen LogP) is 0.500. The number of likely N-dealkylation sites (N-methyl/N-ethyl adjacent to an activating group) is 1. The van der Waals surface area contributed by atoms with E-state index in [1.165, 1.54) is 18.6 Å². The van der Waals surface area contributed by atoms with Gasteiger partial charge in [0.05, 0.1) is 4.90 Å². The molecule has 7 heteroatoms. The van der Waals surface area contributed by atoms with E-state index in [0.29, 0.717) is 11.5 Å². The lowest BCUT2D eigenvalue weighted by Crippen LogP contribution is -2.47. The van der Waals surface area contributed by atoms with E-state index in [2.05, 4.69) is 11.9 Å². The Morgan fingerprint density at radius 1 is 1.14 bits per heavy atom. The van der Waals surface area contributed by atoms with Gasteiger partial charge in [0.1, 0.15) is 0 Å². The lowest BCUT2D eigenvalue weighted by molar-refractivity contribution is 0.0587. The Bertz CT molecular complexity index is 672. The molecule has 0 saturated carbocycles. The maximum Gasteiger partial charge on any atom is 0.254 e. The second-order valence-corrected chi connectivity index (χ2v) is 7.91. The highest BCUT2D eigenvalue weighted by molar-refractivity contribution is 7.89. The molecule has 6 nitrogen and oxygen atoms in total. The predicted molar refractivity (Wildman–Crippen MR) is 82.9 cm³/mol. The van der Waals surface area contributed by atoms with Crippen molar-refractivity contribution in [1.29, 1.82) is 0 Å². The summed E-state index contributed by atoms with van der Waals surface area (Å²) in [6.45, 7) is 2.72. The fourth-order valence-corrected chi connectivity index (χ4v) is 4.03. The number of nitrogens with two attached hydrogens (primary N) is 1. The first-order valence-electron chi connectivity index (χ1n) is 7.47. The highest BCUT2D eigenvalue weighted by atomic mass is 32.2. The first kappa shape index (κ1) is 15.5. The van der Waals surface area contributed by atoms with Crippen LogP contribution in [-0.4, -0.2) is 56.8 Å². The number of hydrogen-bond acceptors (Lipinski definition) is 4. The van der Waals surface area contributed by atoms with Gasteiger partial charge < -0.3 is 9.80 Å². The minimum atomic E-state index is -3.72. The van der Waals surface area contributed by atoms with Gasteiger partial charge in [-0.15, -0.1) is 0 Å². The van der Waals surface area contributed by atoms with Gasteiger partial charge in [0.15, 0.2) is 0 Å². The summed E-state index contributed by atoms with van der Waals surface area (Å²) < 4.78 is 22.6. The fourth-order valence-electron chi connectivity index (χ4n) is 3.52. The van der Waals surface area contributed by atoms with Crippen LogP contribution in [0, 0.1) is 5.92 Å². The summed E-state index contributed by atoms with van der Waals surface area (Å²) in [6, 6.07) is 6.12. The van der Waals surface area contributed by atoms with Crippen LogP contribution in [0.25, 0.3) is 0 Å². The van der Waals surface area contributed by atoms with Crippen molar-refractivity contribution in [3.8, 4) is 0 Å². The Balaban J connectivity index is 1.82. The summed E-state index contributed by atoms with van der Waals surface area (Å²) in [7, 11) is -1.63. The van der Waals surface area contributed by atoms with Crippen molar-refractivity contribution < 1.29 is 13.2 Å².